The lowest BCUT2D eigenvalue weighted by atomic mass is 10.2. The number of ether oxygens (including phenoxy) is 1. The highest BCUT2D eigenvalue weighted by atomic mass is 35.5. The van der Waals surface area contributed by atoms with Crippen molar-refractivity contribution in [1.29, 1.82) is 0 Å². The van der Waals surface area contributed by atoms with Crippen molar-refractivity contribution in [3.05, 3.63) is 58.1 Å². The molecule has 1 N–H and O–H groups in total. The van der Waals surface area contributed by atoms with Gasteiger partial charge in [0.1, 0.15) is 0 Å². The van der Waals surface area contributed by atoms with Crippen LogP contribution in [-0.2, 0) is 9.53 Å². The average Bonchev–Trinajstić information content (AvgIpc) is 2.60. The summed E-state index contributed by atoms with van der Waals surface area (Å²) in [6.45, 7) is 2.01. The molecule has 0 aliphatic rings. The zero-order chi connectivity index (χ0) is 18.9. The normalized spacial score (nSPS) is 10.4. The summed E-state index contributed by atoms with van der Waals surface area (Å²) in [5, 5.41) is 3.74. The van der Waals surface area contributed by atoms with Crippen LogP contribution < -0.4 is 5.32 Å². The molecule has 0 heterocycles. The highest BCUT2D eigenvalue weighted by Crippen LogP contribution is 2.23. The first-order valence-corrected chi connectivity index (χ1v) is 9.88. The molecule has 0 aliphatic carbocycles. The molecule has 0 fully saturated rings. The number of esters is 1. The van der Waals surface area contributed by atoms with Crippen molar-refractivity contribution in [3.8, 4) is 0 Å². The number of thioether (sulfide) groups is 1. The number of hydrogen-bond acceptors (Lipinski definition) is 4. The smallest absolute Gasteiger partial charge is 0.339 e. The number of benzene rings is 2. The van der Waals surface area contributed by atoms with Crippen molar-refractivity contribution in [1.82, 2.24) is 0 Å². The summed E-state index contributed by atoms with van der Waals surface area (Å²) in [6.07, 6.45) is 1.14. The van der Waals surface area contributed by atoms with Crippen LogP contribution in [0.4, 0.5) is 5.69 Å². The van der Waals surface area contributed by atoms with Gasteiger partial charge in [0.25, 0.3) is 0 Å². The Bertz CT molecular complexity index is 766. The maximum Gasteiger partial charge on any atom is 0.339 e. The van der Waals surface area contributed by atoms with E-state index in [1.807, 2.05) is 24.3 Å². The van der Waals surface area contributed by atoms with E-state index in [0.717, 1.165) is 17.1 Å². The first-order chi connectivity index (χ1) is 12.5. The zero-order valence-electron chi connectivity index (χ0n) is 14.3. The van der Waals surface area contributed by atoms with Crippen LogP contribution in [0.25, 0.3) is 0 Å². The summed E-state index contributed by atoms with van der Waals surface area (Å²) in [5.74, 6) is 0.258. The van der Waals surface area contributed by atoms with Crippen LogP contribution in [0.15, 0.2) is 47.4 Å². The fraction of sp³-hybridized carbons (Fsp3) is 0.263. The second-order valence-corrected chi connectivity index (χ2v) is 7.38. The van der Waals surface area contributed by atoms with Crippen molar-refractivity contribution in [2.75, 3.05) is 17.7 Å². The van der Waals surface area contributed by atoms with Crippen LogP contribution in [0.3, 0.4) is 0 Å². The molecule has 0 spiro atoms. The third kappa shape index (κ3) is 6.56. The second kappa shape index (κ2) is 10.5. The van der Waals surface area contributed by atoms with Crippen LogP contribution in [0, 0.1) is 0 Å². The lowest BCUT2D eigenvalue weighted by Gasteiger charge is -2.08. The van der Waals surface area contributed by atoms with Crippen LogP contribution in [0.2, 0.25) is 10.0 Å². The van der Waals surface area contributed by atoms with Crippen LogP contribution in [-0.4, -0.2) is 24.2 Å². The standard InChI is InChI=1S/C19H19Cl2NO3S/c1-2-25-19(24)16-10-7-14(12-17(16)21)22-18(23)4-3-11-26-15-8-5-13(20)6-9-15/h5-10,12H,2-4,11H2,1H3,(H,22,23). The SMILES string of the molecule is CCOC(=O)c1ccc(NC(=O)CCCSc2ccc(Cl)cc2)cc1Cl. The van der Waals surface area contributed by atoms with E-state index in [1.54, 1.807) is 36.9 Å². The summed E-state index contributed by atoms with van der Waals surface area (Å²) in [4.78, 5) is 24.9. The first-order valence-electron chi connectivity index (χ1n) is 8.14. The highest BCUT2D eigenvalue weighted by molar-refractivity contribution is 7.99. The molecule has 0 unspecified atom stereocenters. The van der Waals surface area contributed by atoms with E-state index in [2.05, 4.69) is 5.32 Å². The van der Waals surface area contributed by atoms with Crippen LogP contribution in [0.5, 0.6) is 0 Å². The van der Waals surface area contributed by atoms with Gasteiger partial charge in [0, 0.05) is 22.0 Å². The monoisotopic (exact) mass is 411 g/mol. The maximum absolute atomic E-state index is 12.0. The summed E-state index contributed by atoms with van der Waals surface area (Å²) in [6, 6.07) is 12.3. The molecule has 2 aromatic carbocycles. The van der Waals surface area contributed by atoms with Gasteiger partial charge in [0.2, 0.25) is 5.91 Å². The molecule has 4 nitrogen and oxygen atoms in total. The third-order valence-electron chi connectivity index (χ3n) is 3.38. The molecule has 0 saturated carbocycles. The minimum atomic E-state index is -0.477. The Labute approximate surface area is 167 Å². The van der Waals surface area contributed by atoms with Gasteiger partial charge < -0.3 is 10.1 Å². The van der Waals surface area contributed by atoms with E-state index in [0.29, 0.717) is 17.1 Å². The van der Waals surface area contributed by atoms with Crippen molar-refractivity contribution in [2.45, 2.75) is 24.7 Å². The average molecular weight is 412 g/mol. The molecular weight excluding hydrogens is 393 g/mol. The first kappa shape index (κ1) is 20.6. The molecule has 0 bridgehead atoms. The molecule has 0 saturated heterocycles. The van der Waals surface area contributed by atoms with Crippen molar-refractivity contribution < 1.29 is 14.3 Å². The molecule has 0 aliphatic heterocycles. The quantitative estimate of drug-likeness (QED) is 0.344. The van der Waals surface area contributed by atoms with Gasteiger partial charge in [0.15, 0.2) is 0 Å². The van der Waals surface area contributed by atoms with Gasteiger partial charge in [-0.2, -0.15) is 0 Å². The summed E-state index contributed by atoms with van der Waals surface area (Å²) in [5.41, 5.74) is 0.837. The van der Waals surface area contributed by atoms with Gasteiger partial charge >= 0.3 is 5.97 Å². The Balaban J connectivity index is 1.77. The van der Waals surface area contributed by atoms with Crippen LogP contribution >= 0.6 is 35.0 Å². The van der Waals surface area contributed by atoms with E-state index >= 15 is 0 Å². The lowest BCUT2D eigenvalue weighted by molar-refractivity contribution is -0.116. The number of halogens is 2. The molecule has 2 aromatic rings. The molecule has 0 atom stereocenters. The Hall–Kier alpha value is -1.69. The Morgan fingerprint density at radius 1 is 1.12 bits per heavy atom. The highest BCUT2D eigenvalue weighted by Gasteiger charge is 2.12. The number of amides is 1. The molecule has 2 rings (SSSR count). The molecule has 0 radical (unpaired) electrons. The predicted molar refractivity (Wildman–Crippen MR) is 107 cm³/mol. The summed E-state index contributed by atoms with van der Waals surface area (Å²) < 4.78 is 4.92. The van der Waals surface area contributed by atoms with Crippen molar-refractivity contribution >= 4 is 52.5 Å². The second-order valence-electron chi connectivity index (χ2n) is 5.37. The minimum Gasteiger partial charge on any atom is -0.462 e. The van der Waals surface area contributed by atoms with Crippen molar-refractivity contribution in [2.24, 2.45) is 0 Å². The molecular formula is C19H19Cl2NO3S. The fourth-order valence-electron chi connectivity index (χ4n) is 2.14. The lowest BCUT2D eigenvalue weighted by Crippen LogP contribution is -2.12. The molecule has 26 heavy (non-hydrogen) atoms. The predicted octanol–water partition coefficient (Wildman–Crippen LogP) is 5.68. The molecule has 0 aromatic heterocycles. The van der Waals surface area contributed by atoms with Gasteiger partial charge in [-0.15, -0.1) is 11.8 Å². The largest absolute Gasteiger partial charge is 0.462 e. The zero-order valence-corrected chi connectivity index (χ0v) is 16.6. The number of hydrogen-bond donors (Lipinski definition) is 1. The van der Waals surface area contributed by atoms with Crippen molar-refractivity contribution in [3.63, 3.8) is 0 Å². The van der Waals surface area contributed by atoms with E-state index in [1.165, 1.54) is 0 Å². The van der Waals surface area contributed by atoms with Gasteiger partial charge in [-0.1, -0.05) is 23.2 Å². The van der Waals surface area contributed by atoms with E-state index < -0.39 is 5.97 Å². The Kier molecular flexibility index (Phi) is 8.29. The number of nitrogens with one attached hydrogen (secondary N) is 1. The third-order valence-corrected chi connectivity index (χ3v) is 5.04. The number of rotatable bonds is 8. The topological polar surface area (TPSA) is 55.4 Å². The van der Waals surface area contributed by atoms with Crippen LogP contribution in [0.1, 0.15) is 30.1 Å². The van der Waals surface area contributed by atoms with Gasteiger partial charge in [0.05, 0.1) is 17.2 Å². The number of carbonyl (C=O) groups excluding carboxylic acids is 2. The Morgan fingerprint density at radius 3 is 2.50 bits per heavy atom. The number of anilines is 1. The summed E-state index contributed by atoms with van der Waals surface area (Å²) >= 11 is 13.6. The van der Waals surface area contributed by atoms with E-state index in [9.17, 15) is 9.59 Å². The fourth-order valence-corrected chi connectivity index (χ4v) is 3.38. The number of carbonyl (C=O) groups is 2. The van der Waals surface area contributed by atoms with Gasteiger partial charge in [-0.3, -0.25) is 4.79 Å². The molecule has 7 heteroatoms. The maximum atomic E-state index is 12.0. The van der Waals surface area contributed by atoms with Gasteiger partial charge in [-0.25, -0.2) is 4.79 Å². The Morgan fingerprint density at radius 2 is 1.85 bits per heavy atom. The molecule has 138 valence electrons. The van der Waals surface area contributed by atoms with Gasteiger partial charge in [-0.05, 0) is 61.6 Å². The summed E-state index contributed by atoms with van der Waals surface area (Å²) in [7, 11) is 0. The van der Waals surface area contributed by atoms with E-state index in [-0.39, 0.29) is 23.1 Å². The minimum absolute atomic E-state index is 0.0957. The van der Waals surface area contributed by atoms with E-state index in [4.69, 9.17) is 27.9 Å². The molecule has 1 amide bonds.